The SMILES string of the molecule is CN(CCC(=O)Nc1ccc(Cl)cc1N)CC1CC1. The Kier molecular flexibility index (Phi) is 4.66. The first-order valence-electron chi connectivity index (χ1n) is 6.58. The fraction of sp³-hybridized carbons (Fsp3) is 0.500. The van der Waals surface area contributed by atoms with Gasteiger partial charge in [-0.25, -0.2) is 0 Å². The summed E-state index contributed by atoms with van der Waals surface area (Å²) in [5.41, 5.74) is 6.91. The number of amides is 1. The molecule has 0 saturated heterocycles. The first-order chi connectivity index (χ1) is 9.04. The van der Waals surface area contributed by atoms with Gasteiger partial charge in [-0.3, -0.25) is 4.79 Å². The summed E-state index contributed by atoms with van der Waals surface area (Å²) in [4.78, 5) is 14.0. The molecular formula is C14H20ClN3O. The van der Waals surface area contributed by atoms with E-state index in [9.17, 15) is 4.79 Å². The van der Waals surface area contributed by atoms with Gasteiger partial charge in [0, 0.05) is 24.5 Å². The van der Waals surface area contributed by atoms with Crippen LogP contribution in [0.1, 0.15) is 19.3 Å². The summed E-state index contributed by atoms with van der Waals surface area (Å²) >= 11 is 5.81. The summed E-state index contributed by atoms with van der Waals surface area (Å²) in [6, 6.07) is 5.08. The molecular weight excluding hydrogens is 262 g/mol. The van der Waals surface area contributed by atoms with Gasteiger partial charge in [-0.15, -0.1) is 0 Å². The van der Waals surface area contributed by atoms with Crippen LogP contribution in [-0.2, 0) is 4.79 Å². The number of nitrogens with two attached hydrogens (primary N) is 1. The van der Waals surface area contributed by atoms with Crippen molar-refractivity contribution in [2.24, 2.45) is 5.92 Å². The Morgan fingerprint density at radius 2 is 2.26 bits per heavy atom. The first kappa shape index (κ1) is 14.2. The van der Waals surface area contributed by atoms with Crippen LogP contribution in [0.3, 0.4) is 0 Å². The number of anilines is 2. The number of halogens is 1. The van der Waals surface area contributed by atoms with Gasteiger partial charge in [-0.1, -0.05) is 11.6 Å². The maximum atomic E-state index is 11.8. The van der Waals surface area contributed by atoms with Gasteiger partial charge >= 0.3 is 0 Å². The predicted octanol–water partition coefficient (Wildman–Crippen LogP) is 2.59. The Hall–Kier alpha value is -1.26. The van der Waals surface area contributed by atoms with Gasteiger partial charge in [0.25, 0.3) is 0 Å². The highest BCUT2D eigenvalue weighted by atomic mass is 35.5. The van der Waals surface area contributed by atoms with Crippen LogP contribution in [0.5, 0.6) is 0 Å². The Labute approximate surface area is 118 Å². The number of nitrogens with one attached hydrogen (secondary N) is 1. The van der Waals surface area contributed by atoms with Crippen molar-refractivity contribution in [2.45, 2.75) is 19.3 Å². The van der Waals surface area contributed by atoms with Crippen LogP contribution in [0.15, 0.2) is 18.2 Å². The first-order valence-corrected chi connectivity index (χ1v) is 6.96. The molecule has 0 unspecified atom stereocenters. The van der Waals surface area contributed by atoms with Crippen molar-refractivity contribution in [2.75, 3.05) is 31.2 Å². The highest BCUT2D eigenvalue weighted by Crippen LogP contribution is 2.29. The highest BCUT2D eigenvalue weighted by Gasteiger charge is 2.22. The molecule has 0 aromatic heterocycles. The van der Waals surface area contributed by atoms with E-state index in [1.54, 1.807) is 18.2 Å². The second kappa shape index (κ2) is 6.26. The van der Waals surface area contributed by atoms with Crippen molar-refractivity contribution in [3.05, 3.63) is 23.2 Å². The Bertz CT molecular complexity index is 460. The molecule has 5 heteroatoms. The van der Waals surface area contributed by atoms with Gasteiger partial charge in [0.2, 0.25) is 5.91 Å². The molecule has 1 amide bonds. The van der Waals surface area contributed by atoms with Crippen LogP contribution in [0.25, 0.3) is 0 Å². The predicted molar refractivity (Wildman–Crippen MR) is 79.3 cm³/mol. The van der Waals surface area contributed by atoms with Gasteiger partial charge in [-0.05, 0) is 44.0 Å². The van der Waals surface area contributed by atoms with E-state index in [1.165, 1.54) is 12.8 Å². The average Bonchev–Trinajstić information content (AvgIpc) is 3.14. The van der Waals surface area contributed by atoms with E-state index in [2.05, 4.69) is 17.3 Å². The van der Waals surface area contributed by atoms with Crippen LogP contribution in [-0.4, -0.2) is 30.9 Å². The van der Waals surface area contributed by atoms with Crippen molar-refractivity contribution in [3.63, 3.8) is 0 Å². The number of carbonyl (C=O) groups is 1. The Morgan fingerprint density at radius 3 is 2.89 bits per heavy atom. The van der Waals surface area contributed by atoms with Gasteiger partial charge in [0.15, 0.2) is 0 Å². The Morgan fingerprint density at radius 1 is 1.53 bits per heavy atom. The molecule has 0 atom stereocenters. The summed E-state index contributed by atoms with van der Waals surface area (Å²) in [5, 5.41) is 3.38. The second-order valence-corrected chi connectivity index (χ2v) is 5.67. The van der Waals surface area contributed by atoms with E-state index < -0.39 is 0 Å². The standard InChI is InChI=1S/C14H20ClN3O/c1-18(9-10-2-3-10)7-6-14(19)17-13-5-4-11(15)8-12(13)16/h4-5,8,10H,2-3,6-7,9,16H2,1H3,(H,17,19). The van der Waals surface area contributed by atoms with Crippen molar-refractivity contribution >= 4 is 28.9 Å². The summed E-state index contributed by atoms with van der Waals surface area (Å²) in [6.45, 7) is 1.87. The number of carbonyl (C=O) groups excluding carboxylic acids is 1. The minimum absolute atomic E-state index is 0.0170. The van der Waals surface area contributed by atoms with Crippen molar-refractivity contribution in [1.29, 1.82) is 0 Å². The zero-order chi connectivity index (χ0) is 13.8. The maximum Gasteiger partial charge on any atom is 0.225 e. The second-order valence-electron chi connectivity index (χ2n) is 5.24. The van der Waals surface area contributed by atoms with Gasteiger partial charge in [0.1, 0.15) is 0 Å². The monoisotopic (exact) mass is 281 g/mol. The molecule has 0 spiro atoms. The zero-order valence-corrected chi connectivity index (χ0v) is 11.9. The summed E-state index contributed by atoms with van der Waals surface area (Å²) in [6.07, 6.45) is 3.14. The summed E-state index contributed by atoms with van der Waals surface area (Å²) in [5.74, 6) is 0.830. The molecule has 0 bridgehead atoms. The molecule has 3 N–H and O–H groups in total. The van der Waals surface area contributed by atoms with Gasteiger partial charge in [-0.2, -0.15) is 0 Å². The molecule has 1 aliphatic carbocycles. The van der Waals surface area contributed by atoms with Crippen molar-refractivity contribution < 1.29 is 4.79 Å². The largest absolute Gasteiger partial charge is 0.397 e. The lowest BCUT2D eigenvalue weighted by atomic mass is 10.2. The fourth-order valence-electron chi connectivity index (χ4n) is 1.99. The van der Waals surface area contributed by atoms with Gasteiger partial charge in [0.05, 0.1) is 11.4 Å². The fourth-order valence-corrected chi connectivity index (χ4v) is 2.17. The van der Waals surface area contributed by atoms with E-state index in [0.29, 0.717) is 22.8 Å². The lowest BCUT2D eigenvalue weighted by Crippen LogP contribution is -2.26. The maximum absolute atomic E-state index is 11.8. The number of hydrogen-bond donors (Lipinski definition) is 2. The quantitative estimate of drug-likeness (QED) is 0.788. The third kappa shape index (κ3) is 4.73. The van der Waals surface area contributed by atoms with E-state index in [4.69, 9.17) is 17.3 Å². The molecule has 1 aromatic rings. The minimum Gasteiger partial charge on any atom is -0.397 e. The molecule has 4 nitrogen and oxygen atoms in total. The molecule has 19 heavy (non-hydrogen) atoms. The molecule has 2 rings (SSSR count). The molecule has 1 aromatic carbocycles. The summed E-state index contributed by atoms with van der Waals surface area (Å²) < 4.78 is 0. The number of nitrogen functional groups attached to an aromatic ring is 1. The summed E-state index contributed by atoms with van der Waals surface area (Å²) in [7, 11) is 2.06. The molecule has 1 saturated carbocycles. The lowest BCUT2D eigenvalue weighted by Gasteiger charge is -2.16. The highest BCUT2D eigenvalue weighted by molar-refractivity contribution is 6.31. The third-order valence-electron chi connectivity index (χ3n) is 3.28. The number of hydrogen-bond acceptors (Lipinski definition) is 3. The van der Waals surface area contributed by atoms with Crippen LogP contribution in [0, 0.1) is 5.92 Å². The van der Waals surface area contributed by atoms with E-state index >= 15 is 0 Å². The van der Waals surface area contributed by atoms with Gasteiger partial charge < -0.3 is 16.0 Å². The molecule has 0 aliphatic heterocycles. The van der Waals surface area contributed by atoms with Crippen molar-refractivity contribution in [3.8, 4) is 0 Å². The molecule has 1 fully saturated rings. The smallest absolute Gasteiger partial charge is 0.225 e. The Balaban J connectivity index is 1.76. The van der Waals surface area contributed by atoms with E-state index in [1.807, 2.05) is 0 Å². The van der Waals surface area contributed by atoms with Crippen LogP contribution in [0.2, 0.25) is 5.02 Å². The van der Waals surface area contributed by atoms with Crippen LogP contribution < -0.4 is 11.1 Å². The molecule has 0 heterocycles. The number of benzene rings is 1. The number of nitrogens with zero attached hydrogens (tertiary/aromatic N) is 1. The zero-order valence-electron chi connectivity index (χ0n) is 11.2. The molecule has 1 aliphatic rings. The van der Waals surface area contributed by atoms with Crippen LogP contribution in [0.4, 0.5) is 11.4 Å². The molecule has 104 valence electrons. The average molecular weight is 282 g/mol. The topological polar surface area (TPSA) is 58.4 Å². The normalized spacial score (nSPS) is 14.7. The van der Waals surface area contributed by atoms with Crippen LogP contribution >= 0.6 is 11.6 Å². The van der Waals surface area contributed by atoms with E-state index in [-0.39, 0.29) is 5.91 Å². The minimum atomic E-state index is -0.0170. The van der Waals surface area contributed by atoms with Crippen molar-refractivity contribution in [1.82, 2.24) is 4.90 Å². The third-order valence-corrected chi connectivity index (χ3v) is 3.51. The number of rotatable bonds is 6. The molecule has 0 radical (unpaired) electrons. The lowest BCUT2D eigenvalue weighted by molar-refractivity contribution is -0.116. The van der Waals surface area contributed by atoms with E-state index in [0.717, 1.165) is 19.0 Å².